The van der Waals surface area contributed by atoms with E-state index in [1.165, 1.54) is 40.9 Å². The van der Waals surface area contributed by atoms with Crippen molar-refractivity contribution in [1.29, 1.82) is 0 Å². The van der Waals surface area contributed by atoms with Crippen LogP contribution in [0, 0.1) is 11.8 Å². The van der Waals surface area contributed by atoms with E-state index in [1.807, 2.05) is 54.6 Å². The van der Waals surface area contributed by atoms with Crippen molar-refractivity contribution >= 4 is 66.0 Å². The lowest BCUT2D eigenvalue weighted by atomic mass is 9.97. The van der Waals surface area contributed by atoms with Crippen molar-refractivity contribution in [2.24, 2.45) is 11.8 Å². The number of alkyl halides is 5. The van der Waals surface area contributed by atoms with Crippen LogP contribution in [0.1, 0.15) is 48.9 Å². The number of likely N-dealkylation sites (tertiary alicyclic amines) is 2. The quantitative estimate of drug-likeness (QED) is 0.0498. The van der Waals surface area contributed by atoms with Gasteiger partial charge in [0.1, 0.15) is 23.0 Å². The SMILES string of the molecule is O=C(c1ccc(C(F)(F)F)cc1)c1sc2cc(O)ccc2c1-c1ccc(OCCCN2CC(CF)C2)cc1.O=C(c1ccc(Cl)cc1)c1sc2cc(O)ccc2c1-c1ccc(OCCCN2CC(CF)C2)cc1. The first-order valence-corrected chi connectivity index (χ1v) is 25.8. The fourth-order valence-corrected chi connectivity index (χ4v) is 11.6. The summed E-state index contributed by atoms with van der Waals surface area (Å²) in [6.07, 6.45) is -2.77. The number of ketones is 2. The Morgan fingerprint density at radius 2 is 0.973 bits per heavy atom. The van der Waals surface area contributed by atoms with Crippen molar-refractivity contribution in [1.82, 2.24) is 9.80 Å². The number of ether oxygens (including phenoxy) is 2. The van der Waals surface area contributed by atoms with Crippen molar-refractivity contribution in [2.45, 2.75) is 19.0 Å². The van der Waals surface area contributed by atoms with Gasteiger partial charge in [-0.3, -0.25) is 18.4 Å². The average Bonchev–Trinajstić information content (AvgIpc) is 3.93. The summed E-state index contributed by atoms with van der Waals surface area (Å²) in [7, 11) is 0. The zero-order chi connectivity index (χ0) is 51.2. The molecule has 0 saturated carbocycles. The minimum atomic E-state index is -4.49. The van der Waals surface area contributed by atoms with E-state index in [0.29, 0.717) is 49.6 Å². The third kappa shape index (κ3) is 12.2. The number of nitrogens with zero attached hydrogens (tertiary/aromatic N) is 2. The molecule has 0 atom stereocenters. The van der Waals surface area contributed by atoms with Gasteiger partial charge in [0.05, 0.1) is 41.9 Å². The lowest BCUT2D eigenvalue weighted by Gasteiger charge is -2.37. The van der Waals surface area contributed by atoms with Crippen LogP contribution in [-0.4, -0.2) is 97.4 Å². The molecule has 73 heavy (non-hydrogen) atoms. The number of carbonyl (C=O) groups excluding carboxylic acids is 2. The van der Waals surface area contributed by atoms with Crippen molar-refractivity contribution in [3.63, 3.8) is 0 Å². The first-order valence-electron chi connectivity index (χ1n) is 23.8. The summed E-state index contributed by atoms with van der Waals surface area (Å²) in [5.41, 5.74) is 3.05. The van der Waals surface area contributed by atoms with Gasteiger partial charge >= 0.3 is 6.18 Å². The van der Waals surface area contributed by atoms with Crippen molar-refractivity contribution in [3.05, 3.63) is 165 Å². The van der Waals surface area contributed by atoms with Gasteiger partial charge in [-0.25, -0.2) is 0 Å². The number of hydrogen-bond donors (Lipinski definition) is 2. The highest BCUT2D eigenvalue weighted by molar-refractivity contribution is 7.22. The first-order chi connectivity index (χ1) is 35.2. The smallest absolute Gasteiger partial charge is 0.416 e. The molecule has 0 spiro atoms. The molecular weight excluding hydrogens is 1000 g/mol. The van der Waals surface area contributed by atoms with Crippen molar-refractivity contribution in [2.75, 3.05) is 65.8 Å². The number of carbonyl (C=O) groups is 2. The Kier molecular flexibility index (Phi) is 16.1. The molecule has 2 fully saturated rings. The van der Waals surface area contributed by atoms with Crippen LogP contribution in [0.25, 0.3) is 42.4 Å². The minimum absolute atomic E-state index is 0.0565. The second kappa shape index (κ2) is 22.8. The van der Waals surface area contributed by atoms with E-state index < -0.39 is 17.5 Å². The summed E-state index contributed by atoms with van der Waals surface area (Å²) in [5, 5.41) is 22.2. The van der Waals surface area contributed by atoms with Gasteiger partial charge in [-0.05, 0) is 121 Å². The molecule has 2 N–H and O–H groups in total. The van der Waals surface area contributed by atoms with Crippen LogP contribution in [0.2, 0.25) is 5.02 Å². The zero-order valence-corrected chi connectivity index (χ0v) is 41.7. The van der Waals surface area contributed by atoms with Gasteiger partial charge in [0, 0.05) is 98.6 Å². The number of phenolic OH excluding ortho intramolecular Hbond substituents is 2. The largest absolute Gasteiger partial charge is 0.508 e. The summed E-state index contributed by atoms with van der Waals surface area (Å²) in [6.45, 7) is 5.67. The predicted octanol–water partition coefficient (Wildman–Crippen LogP) is 14.0. The number of fused-ring (bicyclic) bond motifs is 2. The number of hydrogen-bond acceptors (Lipinski definition) is 10. The third-order valence-corrected chi connectivity index (χ3v) is 15.5. The Bertz CT molecular complexity index is 3190. The van der Waals surface area contributed by atoms with Crippen molar-refractivity contribution < 1.29 is 51.2 Å². The van der Waals surface area contributed by atoms with Crippen LogP contribution in [-0.2, 0) is 6.18 Å². The van der Waals surface area contributed by atoms with Gasteiger partial charge in [0.2, 0.25) is 11.6 Å². The van der Waals surface area contributed by atoms with Gasteiger partial charge in [-0.2, -0.15) is 13.2 Å². The molecule has 6 aromatic carbocycles. The van der Waals surface area contributed by atoms with E-state index in [0.717, 1.165) is 102 Å². The van der Waals surface area contributed by atoms with Gasteiger partial charge in [-0.1, -0.05) is 48.0 Å². The molecule has 2 aromatic heterocycles. The highest BCUT2D eigenvalue weighted by Crippen LogP contribution is 2.44. The fourth-order valence-electron chi connectivity index (χ4n) is 9.04. The van der Waals surface area contributed by atoms with E-state index in [1.54, 1.807) is 48.5 Å². The standard InChI is InChI=1S/C29H25F4NO3S.C28H25ClFNO3S/c30-15-18-16-34(17-18)12-1-13-37-23-9-4-19(5-10-23)26-24-11-8-22(35)14-25(24)38-28(26)27(36)20-2-6-21(7-3-20)29(31,32)33;29-21-6-2-20(3-7-21)27(33)28-26(24-11-8-22(32)14-25(24)35-28)19-4-9-23(10-5-19)34-13-1-12-31-16-18(15-30)17-31/h2-11,14,18,35H,1,12-13,15-17H2;2-11,14,18,32H,1,12-13,15-17H2. The molecule has 0 bridgehead atoms. The molecule has 0 aliphatic carbocycles. The second-order valence-electron chi connectivity index (χ2n) is 18.2. The minimum Gasteiger partial charge on any atom is -0.508 e. The topological polar surface area (TPSA) is 99.5 Å². The molecule has 8 nitrogen and oxygen atoms in total. The van der Waals surface area contributed by atoms with Crippen LogP contribution >= 0.6 is 34.3 Å². The van der Waals surface area contributed by atoms with Crippen molar-refractivity contribution in [3.8, 4) is 45.3 Å². The van der Waals surface area contributed by atoms with Gasteiger partial charge < -0.3 is 29.5 Å². The molecule has 4 heterocycles. The van der Waals surface area contributed by atoms with E-state index in [-0.39, 0.29) is 48.0 Å². The maximum atomic E-state index is 13.4. The first kappa shape index (κ1) is 51.5. The van der Waals surface area contributed by atoms with Crippen LogP contribution < -0.4 is 9.47 Å². The Morgan fingerprint density at radius 3 is 1.36 bits per heavy atom. The zero-order valence-electron chi connectivity index (χ0n) is 39.3. The Hall–Kier alpha value is -6.36. The Balaban J connectivity index is 0.000000180. The summed E-state index contributed by atoms with van der Waals surface area (Å²) in [4.78, 5) is 32.3. The van der Waals surface area contributed by atoms with E-state index in [9.17, 15) is 41.8 Å². The summed E-state index contributed by atoms with van der Waals surface area (Å²) in [5.74, 6) is 1.55. The number of rotatable bonds is 18. The molecule has 378 valence electrons. The number of halogens is 6. The van der Waals surface area contributed by atoms with Crippen LogP contribution in [0.3, 0.4) is 0 Å². The Labute approximate surface area is 431 Å². The van der Waals surface area contributed by atoms with Gasteiger partial charge in [0.25, 0.3) is 0 Å². The lowest BCUT2D eigenvalue weighted by Crippen LogP contribution is -2.48. The molecule has 16 heteroatoms. The number of phenols is 2. The maximum Gasteiger partial charge on any atom is 0.416 e. The van der Waals surface area contributed by atoms with Crippen LogP contribution in [0.5, 0.6) is 23.0 Å². The molecule has 0 radical (unpaired) electrons. The molecule has 0 amide bonds. The summed E-state index contributed by atoms with van der Waals surface area (Å²) < 4.78 is 77.3. The van der Waals surface area contributed by atoms with E-state index in [4.69, 9.17) is 21.1 Å². The van der Waals surface area contributed by atoms with Crippen LogP contribution in [0.4, 0.5) is 22.0 Å². The molecule has 8 aromatic rings. The second-order valence-corrected chi connectivity index (χ2v) is 20.8. The molecule has 10 rings (SSSR count). The molecule has 2 aliphatic heterocycles. The highest BCUT2D eigenvalue weighted by Gasteiger charge is 2.31. The summed E-state index contributed by atoms with van der Waals surface area (Å²) in [6, 6.07) is 36.1. The molecule has 0 unspecified atom stereocenters. The summed E-state index contributed by atoms with van der Waals surface area (Å²) >= 11 is 8.56. The van der Waals surface area contributed by atoms with E-state index in [2.05, 4.69) is 9.80 Å². The van der Waals surface area contributed by atoms with Gasteiger partial charge in [0.15, 0.2) is 0 Å². The third-order valence-electron chi connectivity index (χ3n) is 12.9. The number of aromatic hydroxyl groups is 2. The molecular formula is C57H50ClF5N2O6S2. The maximum absolute atomic E-state index is 13.4. The molecule has 2 aliphatic rings. The fraction of sp³-hybridized carbons (Fsp3) is 0.263. The normalized spacial score (nSPS) is 14.4. The van der Waals surface area contributed by atoms with Gasteiger partial charge in [-0.15, -0.1) is 22.7 Å². The van der Waals surface area contributed by atoms with Crippen LogP contribution in [0.15, 0.2) is 133 Å². The predicted molar refractivity (Wildman–Crippen MR) is 280 cm³/mol. The Morgan fingerprint density at radius 1 is 0.575 bits per heavy atom. The molecule has 2 saturated heterocycles. The number of benzene rings is 6. The average molecular weight is 1050 g/mol. The monoisotopic (exact) mass is 1050 g/mol. The highest BCUT2D eigenvalue weighted by atomic mass is 35.5. The number of thiophene rings is 2. The van der Waals surface area contributed by atoms with E-state index >= 15 is 0 Å². The lowest BCUT2D eigenvalue weighted by molar-refractivity contribution is -0.137.